The highest BCUT2D eigenvalue weighted by atomic mass is 16.5. The summed E-state index contributed by atoms with van der Waals surface area (Å²) in [6, 6.07) is 3.66. The normalized spacial score (nSPS) is 13.8. The Morgan fingerprint density at radius 3 is 1.95 bits per heavy atom. The second kappa shape index (κ2) is 7.21. The molecule has 1 aromatic rings. The van der Waals surface area contributed by atoms with Crippen molar-refractivity contribution in [2.24, 2.45) is 17.4 Å². The van der Waals surface area contributed by atoms with Gasteiger partial charge in [-0.1, -0.05) is 6.92 Å². The van der Waals surface area contributed by atoms with Crippen molar-refractivity contribution in [3.8, 4) is 17.2 Å². The molecule has 0 aliphatic rings. The largest absolute Gasteiger partial charge is 0.493 e. The molecule has 0 radical (unpaired) electrons. The van der Waals surface area contributed by atoms with Crippen molar-refractivity contribution in [2.75, 3.05) is 27.9 Å². The summed E-state index contributed by atoms with van der Waals surface area (Å²) in [5.41, 5.74) is 12.8. The maximum atomic E-state index is 6.20. The monoisotopic (exact) mass is 268 g/mol. The molecule has 19 heavy (non-hydrogen) atoms. The Kier molecular flexibility index (Phi) is 5.92. The highest BCUT2D eigenvalue weighted by molar-refractivity contribution is 5.54. The fraction of sp³-hybridized carbons (Fsp3) is 0.571. The number of hydrogen-bond acceptors (Lipinski definition) is 5. The van der Waals surface area contributed by atoms with Gasteiger partial charge in [-0.15, -0.1) is 0 Å². The number of benzene rings is 1. The van der Waals surface area contributed by atoms with Gasteiger partial charge in [-0.3, -0.25) is 0 Å². The molecule has 0 bridgehead atoms. The summed E-state index contributed by atoms with van der Waals surface area (Å²) in [7, 11) is 4.76. The van der Waals surface area contributed by atoms with Gasteiger partial charge >= 0.3 is 0 Å². The van der Waals surface area contributed by atoms with E-state index in [0.29, 0.717) is 29.7 Å². The van der Waals surface area contributed by atoms with E-state index in [1.165, 1.54) is 0 Å². The minimum atomic E-state index is -0.104. The smallest absolute Gasteiger partial charge is 0.203 e. The summed E-state index contributed by atoms with van der Waals surface area (Å²) in [5, 5.41) is 0. The minimum Gasteiger partial charge on any atom is -0.493 e. The molecule has 0 amide bonds. The van der Waals surface area contributed by atoms with E-state index >= 15 is 0 Å². The van der Waals surface area contributed by atoms with Crippen LogP contribution in [0.4, 0.5) is 0 Å². The number of ether oxygens (including phenoxy) is 3. The number of hydrogen-bond donors (Lipinski definition) is 2. The van der Waals surface area contributed by atoms with Crippen LogP contribution in [0.3, 0.4) is 0 Å². The van der Waals surface area contributed by atoms with E-state index in [4.69, 9.17) is 25.7 Å². The molecule has 0 aliphatic heterocycles. The van der Waals surface area contributed by atoms with E-state index in [-0.39, 0.29) is 6.04 Å². The van der Waals surface area contributed by atoms with Crippen LogP contribution in [-0.2, 0) is 0 Å². The zero-order valence-electron chi connectivity index (χ0n) is 12.1. The van der Waals surface area contributed by atoms with Crippen LogP contribution >= 0.6 is 0 Å². The lowest BCUT2D eigenvalue weighted by Crippen LogP contribution is -2.19. The molecule has 5 nitrogen and oxygen atoms in total. The van der Waals surface area contributed by atoms with Crippen LogP contribution < -0.4 is 25.7 Å². The first-order valence-electron chi connectivity index (χ1n) is 6.32. The standard InChI is InChI=1S/C14H24N2O3/c1-9(8-15)5-11(16)10-6-12(17-2)14(19-4)13(7-10)18-3/h6-7,9,11H,5,8,15-16H2,1-4H3. The van der Waals surface area contributed by atoms with Crippen molar-refractivity contribution in [2.45, 2.75) is 19.4 Å². The van der Waals surface area contributed by atoms with Gasteiger partial charge in [0.1, 0.15) is 0 Å². The molecule has 2 unspecified atom stereocenters. The summed E-state index contributed by atoms with van der Waals surface area (Å²) in [6.45, 7) is 2.70. The first kappa shape index (κ1) is 15.6. The lowest BCUT2D eigenvalue weighted by atomic mass is 9.96. The molecule has 0 aliphatic carbocycles. The summed E-state index contributed by atoms with van der Waals surface area (Å²) in [5.74, 6) is 2.18. The molecule has 1 rings (SSSR count). The maximum Gasteiger partial charge on any atom is 0.203 e. The van der Waals surface area contributed by atoms with Crippen LogP contribution in [0.2, 0.25) is 0 Å². The van der Waals surface area contributed by atoms with Gasteiger partial charge in [0, 0.05) is 6.04 Å². The summed E-state index contributed by atoms with van der Waals surface area (Å²) < 4.78 is 15.9. The second-order valence-electron chi connectivity index (χ2n) is 4.64. The van der Waals surface area contributed by atoms with E-state index in [2.05, 4.69) is 6.92 Å². The predicted octanol–water partition coefficient (Wildman–Crippen LogP) is 1.70. The van der Waals surface area contributed by atoms with Crippen LogP contribution in [0, 0.1) is 5.92 Å². The molecular weight excluding hydrogens is 244 g/mol. The van der Waals surface area contributed by atoms with Crippen LogP contribution in [0.15, 0.2) is 12.1 Å². The highest BCUT2D eigenvalue weighted by Gasteiger charge is 2.17. The average molecular weight is 268 g/mol. The van der Waals surface area contributed by atoms with Gasteiger partial charge in [-0.25, -0.2) is 0 Å². The molecule has 0 fully saturated rings. The Hall–Kier alpha value is -1.46. The second-order valence-corrected chi connectivity index (χ2v) is 4.64. The van der Waals surface area contributed by atoms with E-state index in [9.17, 15) is 0 Å². The molecule has 4 N–H and O–H groups in total. The molecule has 0 saturated carbocycles. The highest BCUT2D eigenvalue weighted by Crippen LogP contribution is 2.40. The molecule has 0 saturated heterocycles. The number of methoxy groups -OCH3 is 3. The quantitative estimate of drug-likeness (QED) is 0.786. The summed E-state index contributed by atoms with van der Waals surface area (Å²) >= 11 is 0. The van der Waals surface area contributed by atoms with Gasteiger partial charge in [0.15, 0.2) is 11.5 Å². The van der Waals surface area contributed by atoms with E-state index < -0.39 is 0 Å². The topological polar surface area (TPSA) is 79.7 Å². The van der Waals surface area contributed by atoms with E-state index in [1.54, 1.807) is 21.3 Å². The van der Waals surface area contributed by atoms with Crippen LogP contribution in [0.1, 0.15) is 24.9 Å². The van der Waals surface area contributed by atoms with Crippen LogP contribution in [-0.4, -0.2) is 27.9 Å². The van der Waals surface area contributed by atoms with Crippen molar-refractivity contribution in [1.29, 1.82) is 0 Å². The van der Waals surface area contributed by atoms with Crippen molar-refractivity contribution >= 4 is 0 Å². The molecule has 0 spiro atoms. The lowest BCUT2D eigenvalue weighted by Gasteiger charge is -2.19. The Labute approximate surface area is 114 Å². The molecule has 0 heterocycles. The Morgan fingerprint density at radius 1 is 1.05 bits per heavy atom. The van der Waals surface area contributed by atoms with Gasteiger partial charge in [0.25, 0.3) is 0 Å². The zero-order chi connectivity index (χ0) is 14.4. The molecule has 5 heteroatoms. The summed E-state index contributed by atoms with van der Waals surface area (Å²) in [4.78, 5) is 0. The number of rotatable bonds is 7. The Balaban J connectivity index is 3.08. The SMILES string of the molecule is COc1cc(C(N)CC(C)CN)cc(OC)c1OC. The predicted molar refractivity (Wildman–Crippen MR) is 75.9 cm³/mol. The fourth-order valence-electron chi connectivity index (χ4n) is 1.98. The van der Waals surface area contributed by atoms with Crippen molar-refractivity contribution in [1.82, 2.24) is 0 Å². The third-order valence-electron chi connectivity index (χ3n) is 3.17. The number of nitrogens with two attached hydrogens (primary N) is 2. The molecular formula is C14H24N2O3. The third kappa shape index (κ3) is 3.75. The Morgan fingerprint density at radius 2 is 1.58 bits per heavy atom. The minimum absolute atomic E-state index is 0.104. The van der Waals surface area contributed by atoms with Crippen LogP contribution in [0.5, 0.6) is 17.2 Å². The van der Waals surface area contributed by atoms with Gasteiger partial charge < -0.3 is 25.7 Å². The Bertz CT molecular complexity index is 385. The lowest BCUT2D eigenvalue weighted by molar-refractivity contribution is 0.323. The van der Waals surface area contributed by atoms with Gasteiger partial charge in [0.2, 0.25) is 5.75 Å². The zero-order valence-corrected chi connectivity index (χ0v) is 12.1. The fourth-order valence-corrected chi connectivity index (χ4v) is 1.98. The molecule has 1 aromatic carbocycles. The average Bonchev–Trinajstić information content (AvgIpc) is 2.44. The van der Waals surface area contributed by atoms with Crippen molar-refractivity contribution in [3.05, 3.63) is 17.7 Å². The van der Waals surface area contributed by atoms with E-state index in [1.807, 2.05) is 12.1 Å². The van der Waals surface area contributed by atoms with Crippen LogP contribution in [0.25, 0.3) is 0 Å². The van der Waals surface area contributed by atoms with Crippen molar-refractivity contribution < 1.29 is 14.2 Å². The molecule has 0 aromatic heterocycles. The molecule has 2 atom stereocenters. The van der Waals surface area contributed by atoms with Gasteiger partial charge in [0.05, 0.1) is 21.3 Å². The maximum absolute atomic E-state index is 6.20. The molecule has 108 valence electrons. The van der Waals surface area contributed by atoms with Crippen molar-refractivity contribution in [3.63, 3.8) is 0 Å². The van der Waals surface area contributed by atoms with Gasteiger partial charge in [-0.05, 0) is 36.6 Å². The summed E-state index contributed by atoms with van der Waals surface area (Å²) in [6.07, 6.45) is 0.815. The first-order chi connectivity index (χ1) is 9.07. The van der Waals surface area contributed by atoms with E-state index in [0.717, 1.165) is 12.0 Å². The first-order valence-corrected chi connectivity index (χ1v) is 6.32. The third-order valence-corrected chi connectivity index (χ3v) is 3.17. The van der Waals surface area contributed by atoms with Gasteiger partial charge in [-0.2, -0.15) is 0 Å².